The zero-order valence-electron chi connectivity index (χ0n) is 5.37. The molecule has 3 heteroatoms. The Kier molecular flexibility index (Phi) is 3.71. The Bertz CT molecular complexity index is 120. The second kappa shape index (κ2) is 4.09. The van der Waals surface area contributed by atoms with E-state index in [1.54, 1.807) is 12.2 Å². The number of aliphatic carboxylic acids is 1. The summed E-state index contributed by atoms with van der Waals surface area (Å²) in [4.78, 5) is 9.97. The van der Waals surface area contributed by atoms with Crippen LogP contribution in [0.15, 0.2) is 12.2 Å². The van der Waals surface area contributed by atoms with Crippen molar-refractivity contribution in [2.75, 3.05) is 0 Å². The normalized spacial score (nSPS) is 14.0. The van der Waals surface area contributed by atoms with Crippen molar-refractivity contribution in [2.45, 2.75) is 19.4 Å². The zero-order chi connectivity index (χ0) is 7.28. The molecule has 3 nitrogen and oxygen atoms in total. The molecular formula is C6H11NO2. The van der Waals surface area contributed by atoms with Gasteiger partial charge in [0, 0.05) is 6.04 Å². The maximum atomic E-state index is 9.97. The second-order valence-electron chi connectivity index (χ2n) is 1.79. The fourth-order valence-electron chi connectivity index (χ4n) is 0.517. The van der Waals surface area contributed by atoms with Crippen LogP contribution in [-0.2, 0) is 4.79 Å². The van der Waals surface area contributed by atoms with Crippen LogP contribution in [0.5, 0.6) is 0 Å². The van der Waals surface area contributed by atoms with Gasteiger partial charge >= 0.3 is 5.97 Å². The summed E-state index contributed by atoms with van der Waals surface area (Å²) in [7, 11) is 0. The highest BCUT2D eigenvalue weighted by Crippen LogP contribution is 1.88. The van der Waals surface area contributed by atoms with Gasteiger partial charge in [-0.05, 0) is 6.92 Å². The van der Waals surface area contributed by atoms with Gasteiger partial charge in [-0.25, -0.2) is 0 Å². The molecule has 0 rings (SSSR count). The smallest absolute Gasteiger partial charge is 0.305 e. The van der Waals surface area contributed by atoms with Crippen molar-refractivity contribution in [2.24, 2.45) is 5.73 Å². The molecule has 0 aromatic rings. The van der Waals surface area contributed by atoms with Gasteiger partial charge in [0.15, 0.2) is 0 Å². The Morgan fingerprint density at radius 3 is 2.78 bits per heavy atom. The lowest BCUT2D eigenvalue weighted by atomic mass is 10.2. The molecule has 0 aliphatic rings. The maximum Gasteiger partial charge on any atom is 0.305 e. The number of rotatable bonds is 3. The van der Waals surface area contributed by atoms with Gasteiger partial charge in [-0.3, -0.25) is 4.79 Å². The van der Waals surface area contributed by atoms with E-state index < -0.39 is 5.97 Å². The topological polar surface area (TPSA) is 63.3 Å². The summed E-state index contributed by atoms with van der Waals surface area (Å²) >= 11 is 0. The summed E-state index contributed by atoms with van der Waals surface area (Å²) in [5.41, 5.74) is 5.32. The molecule has 1 atom stereocenters. The number of carbonyl (C=O) groups is 1. The van der Waals surface area contributed by atoms with E-state index in [2.05, 4.69) is 0 Å². The van der Waals surface area contributed by atoms with Crippen LogP contribution in [0.3, 0.4) is 0 Å². The largest absolute Gasteiger partial charge is 0.481 e. The van der Waals surface area contributed by atoms with E-state index >= 15 is 0 Å². The van der Waals surface area contributed by atoms with Gasteiger partial charge in [-0.2, -0.15) is 0 Å². The van der Waals surface area contributed by atoms with Crippen molar-refractivity contribution in [1.29, 1.82) is 0 Å². The lowest BCUT2D eigenvalue weighted by molar-refractivity contribution is -0.137. The number of hydrogen-bond acceptors (Lipinski definition) is 2. The highest BCUT2D eigenvalue weighted by molar-refractivity contribution is 5.67. The third-order valence-electron chi connectivity index (χ3n) is 0.850. The van der Waals surface area contributed by atoms with Crippen LogP contribution < -0.4 is 5.73 Å². The van der Waals surface area contributed by atoms with E-state index in [1.165, 1.54) is 0 Å². The summed E-state index contributed by atoms with van der Waals surface area (Å²) in [5, 5.41) is 8.20. The fourth-order valence-corrected chi connectivity index (χ4v) is 0.517. The van der Waals surface area contributed by atoms with Gasteiger partial charge in [-0.1, -0.05) is 12.2 Å². The van der Waals surface area contributed by atoms with Crippen molar-refractivity contribution < 1.29 is 9.90 Å². The number of allylic oxidation sites excluding steroid dienone is 1. The van der Waals surface area contributed by atoms with Crippen LogP contribution in [0, 0.1) is 0 Å². The third kappa shape index (κ3) is 5.03. The van der Waals surface area contributed by atoms with Crippen LogP contribution in [-0.4, -0.2) is 17.1 Å². The first-order valence-corrected chi connectivity index (χ1v) is 2.77. The molecule has 0 radical (unpaired) electrons. The second-order valence-corrected chi connectivity index (χ2v) is 1.79. The minimum absolute atomic E-state index is 0.00431. The number of nitrogens with two attached hydrogens (primary N) is 1. The minimum Gasteiger partial charge on any atom is -0.481 e. The SMILES string of the molecule is C/C=C/C(N)CC(=O)O. The maximum absolute atomic E-state index is 9.97. The van der Waals surface area contributed by atoms with E-state index in [4.69, 9.17) is 10.8 Å². The first-order valence-electron chi connectivity index (χ1n) is 2.77. The van der Waals surface area contributed by atoms with Gasteiger partial charge in [0.1, 0.15) is 0 Å². The summed E-state index contributed by atoms with van der Waals surface area (Å²) < 4.78 is 0. The molecule has 0 fully saturated rings. The number of carboxylic acid groups (broad SMARTS) is 1. The minimum atomic E-state index is -0.861. The molecule has 0 spiro atoms. The van der Waals surface area contributed by atoms with Gasteiger partial charge in [0.25, 0.3) is 0 Å². The summed E-state index contributed by atoms with van der Waals surface area (Å²) in [5.74, 6) is -0.861. The Balaban J connectivity index is 3.50. The Morgan fingerprint density at radius 2 is 2.44 bits per heavy atom. The lowest BCUT2D eigenvalue weighted by Gasteiger charge is -1.98. The Morgan fingerprint density at radius 1 is 1.89 bits per heavy atom. The average molecular weight is 129 g/mol. The first-order chi connectivity index (χ1) is 4.16. The van der Waals surface area contributed by atoms with E-state index in [-0.39, 0.29) is 12.5 Å². The van der Waals surface area contributed by atoms with E-state index in [0.29, 0.717) is 0 Å². The lowest BCUT2D eigenvalue weighted by Crippen LogP contribution is -2.20. The molecule has 0 aliphatic heterocycles. The van der Waals surface area contributed by atoms with Gasteiger partial charge < -0.3 is 10.8 Å². The molecule has 0 amide bonds. The summed E-state index contributed by atoms with van der Waals surface area (Å²) in [6.45, 7) is 1.81. The Hall–Kier alpha value is -0.830. The summed E-state index contributed by atoms with van der Waals surface area (Å²) in [6.07, 6.45) is 3.41. The Labute approximate surface area is 54.2 Å². The molecular weight excluding hydrogens is 118 g/mol. The van der Waals surface area contributed by atoms with Crippen molar-refractivity contribution in [3.63, 3.8) is 0 Å². The fraction of sp³-hybridized carbons (Fsp3) is 0.500. The molecule has 0 heterocycles. The third-order valence-corrected chi connectivity index (χ3v) is 0.850. The van der Waals surface area contributed by atoms with Gasteiger partial charge in [0.05, 0.1) is 6.42 Å². The van der Waals surface area contributed by atoms with Crippen LogP contribution in [0.1, 0.15) is 13.3 Å². The molecule has 52 valence electrons. The molecule has 0 aliphatic carbocycles. The van der Waals surface area contributed by atoms with Crippen molar-refractivity contribution in [3.05, 3.63) is 12.2 Å². The molecule has 0 aromatic heterocycles. The molecule has 9 heavy (non-hydrogen) atoms. The molecule has 3 N–H and O–H groups in total. The van der Waals surface area contributed by atoms with E-state index in [0.717, 1.165) is 0 Å². The molecule has 1 unspecified atom stereocenters. The highest BCUT2D eigenvalue weighted by Gasteiger charge is 2.01. The van der Waals surface area contributed by atoms with Crippen LogP contribution in [0.4, 0.5) is 0 Å². The molecule has 0 saturated heterocycles. The molecule has 0 aromatic carbocycles. The van der Waals surface area contributed by atoms with Crippen LogP contribution in [0.2, 0.25) is 0 Å². The van der Waals surface area contributed by atoms with E-state index in [1.807, 2.05) is 6.92 Å². The number of carboxylic acids is 1. The highest BCUT2D eigenvalue weighted by atomic mass is 16.4. The van der Waals surface area contributed by atoms with Crippen LogP contribution in [0.25, 0.3) is 0 Å². The predicted octanol–water partition coefficient (Wildman–Crippen LogP) is 0.365. The number of hydrogen-bond donors (Lipinski definition) is 2. The van der Waals surface area contributed by atoms with Crippen molar-refractivity contribution in [1.82, 2.24) is 0 Å². The molecule has 0 saturated carbocycles. The standard InChI is InChI=1S/C6H11NO2/c1-2-3-5(7)4-6(8)9/h2-3,5H,4,7H2,1H3,(H,8,9)/b3-2+. The average Bonchev–Trinajstić information content (AvgIpc) is 1.63. The first kappa shape index (κ1) is 8.17. The van der Waals surface area contributed by atoms with Crippen molar-refractivity contribution in [3.8, 4) is 0 Å². The van der Waals surface area contributed by atoms with Crippen molar-refractivity contribution >= 4 is 5.97 Å². The van der Waals surface area contributed by atoms with Crippen LogP contribution >= 0.6 is 0 Å². The van der Waals surface area contributed by atoms with Gasteiger partial charge in [-0.15, -0.1) is 0 Å². The quantitative estimate of drug-likeness (QED) is 0.541. The molecule has 0 bridgehead atoms. The summed E-state index contributed by atoms with van der Waals surface area (Å²) in [6, 6.07) is -0.340. The van der Waals surface area contributed by atoms with E-state index in [9.17, 15) is 4.79 Å². The van der Waals surface area contributed by atoms with Gasteiger partial charge in [0.2, 0.25) is 0 Å². The monoisotopic (exact) mass is 129 g/mol. The zero-order valence-corrected chi connectivity index (χ0v) is 5.37. The predicted molar refractivity (Wildman–Crippen MR) is 35.0 cm³/mol.